The van der Waals surface area contributed by atoms with E-state index in [1.54, 1.807) is 12.1 Å². The normalized spacial score (nSPS) is 15.0. The molecule has 0 atom stereocenters. The number of hydrogen-bond donors (Lipinski definition) is 1. The van der Waals surface area contributed by atoms with Gasteiger partial charge < -0.3 is 5.11 Å². The minimum atomic E-state index is -0.0204. The van der Waals surface area contributed by atoms with Gasteiger partial charge in [0.2, 0.25) is 12.7 Å². The summed E-state index contributed by atoms with van der Waals surface area (Å²) in [4.78, 5) is 11.1. The summed E-state index contributed by atoms with van der Waals surface area (Å²) in [6.45, 7) is 0.271. The van der Waals surface area contributed by atoms with Crippen LogP contribution in [-0.2, 0) is 13.2 Å². The van der Waals surface area contributed by atoms with Gasteiger partial charge in [-0.2, -0.15) is 0 Å². The third-order valence-electron chi connectivity index (χ3n) is 2.19. The van der Waals surface area contributed by atoms with Crippen molar-refractivity contribution in [2.45, 2.75) is 13.2 Å². The predicted octanol–water partition coefficient (Wildman–Crippen LogP) is 2.01. The molecular weight excluding hydrogens is 202 g/mol. The molecule has 3 nitrogen and oxygen atoms in total. The number of rotatable bonds is 1. The predicted molar refractivity (Wildman–Crippen MR) is 53.5 cm³/mol. The van der Waals surface area contributed by atoms with E-state index in [0.29, 0.717) is 11.6 Å². The van der Waals surface area contributed by atoms with Crippen LogP contribution < -0.4 is 0 Å². The zero-order valence-electron chi connectivity index (χ0n) is 7.40. The molecule has 4 heteroatoms. The lowest BCUT2D eigenvalue weighted by Crippen LogP contribution is -2.08. The molecule has 0 aromatic heterocycles. The highest BCUT2D eigenvalue weighted by Gasteiger charge is 2.21. The molecule has 1 aliphatic rings. The van der Waals surface area contributed by atoms with Crippen molar-refractivity contribution in [1.29, 1.82) is 0 Å². The van der Waals surface area contributed by atoms with E-state index in [1.165, 1.54) is 6.20 Å². The van der Waals surface area contributed by atoms with E-state index in [9.17, 15) is 4.91 Å². The Labute approximate surface area is 86.2 Å². The van der Waals surface area contributed by atoms with E-state index in [4.69, 9.17) is 16.7 Å². The van der Waals surface area contributed by atoms with Crippen LogP contribution in [0.2, 0.25) is 0 Å². The molecule has 1 aliphatic heterocycles. The molecule has 1 N–H and O–H groups in total. The summed E-state index contributed by atoms with van der Waals surface area (Å²) in [7, 11) is 0. The summed E-state index contributed by atoms with van der Waals surface area (Å²) in [5.41, 5.74) is 2.53. The number of nitrogens with zero attached hydrogens (tertiary/aromatic N) is 1. The molecule has 0 fully saturated rings. The Bertz CT molecular complexity index is 426. The van der Waals surface area contributed by atoms with Gasteiger partial charge in [-0.1, -0.05) is 23.7 Å². The molecule has 0 saturated heterocycles. The lowest BCUT2D eigenvalue weighted by molar-refractivity contribution is -0.496. The lowest BCUT2D eigenvalue weighted by Gasteiger charge is -2.08. The summed E-state index contributed by atoms with van der Waals surface area (Å²) < 4.78 is 0.784. The molecular formula is C10H9ClNO2+. The van der Waals surface area contributed by atoms with Crippen LogP contribution in [0.5, 0.6) is 0 Å². The molecule has 1 heterocycles. The second kappa shape index (κ2) is 3.52. The topological polar surface area (TPSA) is 40.3 Å². The van der Waals surface area contributed by atoms with E-state index in [0.717, 1.165) is 21.5 Å². The van der Waals surface area contributed by atoms with E-state index in [1.807, 2.05) is 6.07 Å². The van der Waals surface area contributed by atoms with E-state index >= 15 is 0 Å². The summed E-state index contributed by atoms with van der Waals surface area (Å²) >= 11 is 5.89. The van der Waals surface area contributed by atoms with Crippen molar-refractivity contribution in [1.82, 2.24) is 0 Å². The molecule has 72 valence electrons. The molecule has 0 radical (unpaired) electrons. The first-order valence-corrected chi connectivity index (χ1v) is 4.62. The number of benzene rings is 1. The first-order chi connectivity index (χ1) is 6.70. The minimum Gasteiger partial charge on any atom is -0.392 e. The van der Waals surface area contributed by atoms with Gasteiger partial charge in [-0.15, -0.1) is 0 Å². The maximum Gasteiger partial charge on any atom is 0.240 e. The Morgan fingerprint density at radius 2 is 2.29 bits per heavy atom. The van der Waals surface area contributed by atoms with Crippen LogP contribution in [0.15, 0.2) is 24.4 Å². The third-order valence-corrected chi connectivity index (χ3v) is 2.49. The van der Waals surface area contributed by atoms with Crippen LogP contribution in [0.4, 0.5) is 0 Å². The summed E-state index contributed by atoms with van der Waals surface area (Å²) in [5.74, 6) is 0. The molecule has 14 heavy (non-hydrogen) atoms. The van der Waals surface area contributed by atoms with Gasteiger partial charge in [0.15, 0.2) is 0 Å². The average Bonchev–Trinajstić information content (AvgIpc) is 2.16. The van der Waals surface area contributed by atoms with Gasteiger partial charge in [-0.3, -0.25) is 0 Å². The number of hydrogen-bond acceptors (Lipinski definition) is 2. The van der Waals surface area contributed by atoms with Gasteiger partial charge >= 0.3 is 0 Å². The quantitative estimate of drug-likeness (QED) is 0.721. The lowest BCUT2D eigenvalue weighted by atomic mass is 10.0. The van der Waals surface area contributed by atoms with Crippen molar-refractivity contribution < 1.29 is 9.87 Å². The fourth-order valence-corrected chi connectivity index (χ4v) is 1.81. The van der Waals surface area contributed by atoms with Crippen LogP contribution in [-0.4, -0.2) is 9.87 Å². The largest absolute Gasteiger partial charge is 0.392 e. The molecule has 2 rings (SSSR count). The minimum absolute atomic E-state index is 0.0204. The molecule has 1 aromatic carbocycles. The number of nitroso groups, excluding NO2 is 1. The second-order valence-electron chi connectivity index (χ2n) is 3.20. The molecule has 0 spiro atoms. The van der Waals surface area contributed by atoms with Crippen LogP contribution in [0.25, 0.3) is 5.03 Å². The van der Waals surface area contributed by atoms with Crippen molar-refractivity contribution in [3.05, 3.63) is 46.0 Å². The SMILES string of the molecule is O=[N+]1C=C(Cl)c2ccc(CO)cc2C1. The van der Waals surface area contributed by atoms with E-state index in [2.05, 4.69) is 0 Å². The first-order valence-electron chi connectivity index (χ1n) is 4.25. The van der Waals surface area contributed by atoms with Gasteiger partial charge in [0, 0.05) is 20.8 Å². The fourth-order valence-electron chi connectivity index (χ4n) is 1.52. The van der Waals surface area contributed by atoms with Crippen molar-refractivity contribution in [2.75, 3.05) is 0 Å². The number of halogens is 1. The number of aliphatic hydroxyl groups excluding tert-OH is 1. The fraction of sp³-hybridized carbons (Fsp3) is 0.200. The van der Waals surface area contributed by atoms with Crippen molar-refractivity contribution in [3.63, 3.8) is 0 Å². The van der Waals surface area contributed by atoms with Crippen LogP contribution in [0.3, 0.4) is 0 Å². The van der Waals surface area contributed by atoms with Gasteiger partial charge in [-0.25, -0.2) is 0 Å². The molecule has 1 aromatic rings. The smallest absolute Gasteiger partial charge is 0.240 e. The summed E-state index contributed by atoms with van der Waals surface area (Å²) in [6, 6.07) is 5.43. The second-order valence-corrected chi connectivity index (χ2v) is 3.61. The zero-order chi connectivity index (χ0) is 10.1. The maximum absolute atomic E-state index is 11.1. The Hall–Kier alpha value is -1.19. The van der Waals surface area contributed by atoms with Gasteiger partial charge in [0.1, 0.15) is 5.03 Å². The molecule has 0 aliphatic carbocycles. The van der Waals surface area contributed by atoms with Crippen molar-refractivity contribution in [3.8, 4) is 0 Å². The van der Waals surface area contributed by atoms with Gasteiger partial charge in [-0.05, 0) is 11.6 Å². The molecule has 0 bridgehead atoms. The Balaban J connectivity index is 2.52. The van der Waals surface area contributed by atoms with Crippen LogP contribution in [0.1, 0.15) is 16.7 Å². The summed E-state index contributed by atoms with van der Waals surface area (Å²) in [6.07, 6.45) is 1.36. The van der Waals surface area contributed by atoms with Gasteiger partial charge in [0.05, 0.1) is 6.61 Å². The van der Waals surface area contributed by atoms with E-state index < -0.39 is 0 Å². The molecule has 0 unspecified atom stereocenters. The highest BCUT2D eigenvalue weighted by atomic mass is 35.5. The molecule has 0 amide bonds. The van der Waals surface area contributed by atoms with Crippen LogP contribution in [0, 0.1) is 4.91 Å². The Morgan fingerprint density at radius 3 is 3.00 bits per heavy atom. The Kier molecular flexibility index (Phi) is 2.35. The van der Waals surface area contributed by atoms with Crippen molar-refractivity contribution in [2.24, 2.45) is 0 Å². The maximum atomic E-state index is 11.1. The van der Waals surface area contributed by atoms with Gasteiger partial charge in [0.25, 0.3) is 0 Å². The Morgan fingerprint density at radius 1 is 1.50 bits per heavy atom. The monoisotopic (exact) mass is 210 g/mol. The highest BCUT2D eigenvalue weighted by molar-refractivity contribution is 6.48. The zero-order valence-corrected chi connectivity index (χ0v) is 8.16. The van der Waals surface area contributed by atoms with Crippen LogP contribution >= 0.6 is 11.6 Å². The summed E-state index contributed by atoms with van der Waals surface area (Å²) in [5, 5.41) is 9.38. The standard InChI is InChI=1S/C10H9ClNO2/c11-10-5-12(14)4-8-3-7(6-13)1-2-9(8)10/h1-3,5,13H,4,6H2/q+1. The molecule has 0 saturated carbocycles. The van der Waals surface area contributed by atoms with Crippen molar-refractivity contribution >= 4 is 16.6 Å². The third kappa shape index (κ3) is 1.56. The number of fused-ring (bicyclic) bond motifs is 1. The van der Waals surface area contributed by atoms with E-state index in [-0.39, 0.29) is 6.61 Å². The number of aliphatic hydroxyl groups is 1. The highest BCUT2D eigenvalue weighted by Crippen LogP contribution is 2.28. The first kappa shape index (κ1) is 9.37. The average molecular weight is 211 g/mol.